The Labute approximate surface area is 60.0 Å². The Hall–Kier alpha value is -0.670. The van der Waals surface area contributed by atoms with E-state index in [1.807, 2.05) is 0 Å². The second-order valence-electron chi connectivity index (χ2n) is 2.77. The normalized spacial score (nSPS) is 12.3. The van der Waals surface area contributed by atoms with Crippen molar-refractivity contribution in [2.45, 2.75) is 25.5 Å². The molecule has 0 aromatic carbocycles. The van der Waals surface area contributed by atoms with Gasteiger partial charge in [0.15, 0.2) is 0 Å². The van der Waals surface area contributed by atoms with Crippen molar-refractivity contribution in [3.63, 3.8) is 0 Å². The largest absolute Gasteiger partial charge is 0.268 e. The third kappa shape index (κ3) is 1.93. The Morgan fingerprint density at radius 3 is 1.80 bits per heavy atom. The Morgan fingerprint density at radius 2 is 1.70 bits per heavy atom. The summed E-state index contributed by atoms with van der Waals surface area (Å²) in [6.07, 6.45) is 1.00. The van der Waals surface area contributed by atoms with Crippen LogP contribution >= 0.6 is 0 Å². The molecule has 0 fully saturated rings. The summed E-state index contributed by atoms with van der Waals surface area (Å²) in [7, 11) is -3.65. The van der Waals surface area contributed by atoms with Crippen LogP contribution in [-0.2, 0) is 14.8 Å². The molecule has 0 saturated heterocycles. The Bertz CT molecular complexity index is 253. The number of hydrogen-bond acceptors (Lipinski definition) is 3. The lowest BCUT2D eigenvalue weighted by Gasteiger charge is -2.12. The molecule has 0 N–H and O–H groups in total. The first-order chi connectivity index (χ1) is 4.31. The van der Waals surface area contributed by atoms with Gasteiger partial charge in [-0.15, -0.1) is 0 Å². The second-order valence-corrected chi connectivity index (χ2v) is 5.13. The summed E-state index contributed by atoms with van der Waals surface area (Å²) >= 11 is 0. The summed E-state index contributed by atoms with van der Waals surface area (Å²) in [6, 6.07) is 0. The van der Waals surface area contributed by atoms with Crippen LogP contribution < -0.4 is 0 Å². The minimum absolute atomic E-state index is 1.00. The Morgan fingerprint density at radius 1 is 1.30 bits per heavy atom. The van der Waals surface area contributed by atoms with Crippen LogP contribution in [0.2, 0.25) is 0 Å². The van der Waals surface area contributed by atoms with E-state index in [4.69, 9.17) is 0 Å². The van der Waals surface area contributed by atoms with Gasteiger partial charge in [-0.3, -0.25) is 0 Å². The molecule has 0 heterocycles. The van der Waals surface area contributed by atoms with Crippen LogP contribution in [0.15, 0.2) is 4.40 Å². The molecule has 0 amide bonds. The molecule has 4 nitrogen and oxygen atoms in total. The molecule has 0 radical (unpaired) electrons. The molecule has 58 valence electrons. The zero-order chi connectivity index (χ0) is 8.41. The van der Waals surface area contributed by atoms with Crippen molar-refractivity contribution in [2.75, 3.05) is 0 Å². The lowest BCUT2D eigenvalue weighted by molar-refractivity contribution is 0.553. The molecule has 0 rings (SSSR count). The maximum atomic E-state index is 10.8. The first-order valence-electron chi connectivity index (χ1n) is 2.65. The molecular weight excluding hydrogens is 154 g/mol. The van der Waals surface area contributed by atoms with E-state index in [9.17, 15) is 13.2 Å². The first-order valence-corrected chi connectivity index (χ1v) is 4.09. The Balaban J connectivity index is 4.97. The Kier molecular flexibility index (Phi) is 2.35. The number of hydrogen-bond donors (Lipinski definition) is 0. The summed E-state index contributed by atoms with van der Waals surface area (Å²) < 4.78 is 23.3. The minimum atomic E-state index is -3.65. The van der Waals surface area contributed by atoms with Crippen LogP contribution in [0, 0.1) is 0 Å². The topological polar surface area (TPSA) is 63.6 Å². The van der Waals surface area contributed by atoms with Gasteiger partial charge in [0.25, 0.3) is 16.1 Å². The predicted octanol–water partition coefficient (Wildman–Crippen LogP) is 0.451. The third-order valence-electron chi connectivity index (χ3n) is 0.931. The quantitative estimate of drug-likeness (QED) is 0.416. The first kappa shape index (κ1) is 9.33. The molecule has 5 heteroatoms. The predicted molar refractivity (Wildman–Crippen MR) is 36.8 cm³/mol. The highest BCUT2D eigenvalue weighted by Crippen LogP contribution is 2.15. The fraction of sp³-hybridized carbons (Fsp3) is 0.800. The molecule has 0 aliphatic carbocycles. The molecule has 0 aliphatic rings. The van der Waals surface area contributed by atoms with Crippen LogP contribution in [0.5, 0.6) is 0 Å². The zero-order valence-corrected chi connectivity index (χ0v) is 6.90. The highest BCUT2D eigenvalue weighted by Gasteiger charge is 2.28. The van der Waals surface area contributed by atoms with Gasteiger partial charge in [0, 0.05) is 0 Å². The van der Waals surface area contributed by atoms with Crippen LogP contribution in [-0.4, -0.2) is 19.2 Å². The number of carbonyl (C=O) groups excluding carboxylic acids is 1. The lowest BCUT2D eigenvalue weighted by atomic mass is 10.3. The maximum Gasteiger partial charge on any atom is 0.268 e. The molecule has 0 aliphatic heterocycles. The van der Waals surface area contributed by atoms with E-state index in [-0.39, 0.29) is 0 Å². The van der Waals surface area contributed by atoms with E-state index in [0.717, 1.165) is 6.08 Å². The molecule has 0 unspecified atom stereocenters. The summed E-state index contributed by atoms with van der Waals surface area (Å²) in [5.41, 5.74) is 0. The van der Waals surface area contributed by atoms with E-state index >= 15 is 0 Å². The van der Waals surface area contributed by atoms with Crippen LogP contribution in [0.25, 0.3) is 0 Å². The van der Waals surface area contributed by atoms with E-state index in [1.165, 1.54) is 20.8 Å². The smallest absolute Gasteiger partial charge is 0.210 e. The van der Waals surface area contributed by atoms with Gasteiger partial charge >= 0.3 is 0 Å². The number of isocyanates is 1. The van der Waals surface area contributed by atoms with Gasteiger partial charge in [-0.25, -0.2) is 13.2 Å². The average molecular weight is 163 g/mol. The fourth-order valence-electron chi connectivity index (χ4n) is 0.186. The molecular formula is C5H9NO3S. The molecule has 0 spiro atoms. The molecule has 0 aromatic heterocycles. The van der Waals surface area contributed by atoms with Gasteiger partial charge < -0.3 is 0 Å². The SMILES string of the molecule is CC(C)(C)S(=O)(=O)N=C=O. The monoisotopic (exact) mass is 163 g/mol. The van der Waals surface area contributed by atoms with Crippen LogP contribution in [0.3, 0.4) is 0 Å². The van der Waals surface area contributed by atoms with Gasteiger partial charge in [-0.05, 0) is 20.8 Å². The summed E-state index contributed by atoms with van der Waals surface area (Å²) in [4.78, 5) is 9.60. The van der Waals surface area contributed by atoms with Crippen molar-refractivity contribution >= 4 is 16.1 Å². The molecule has 10 heavy (non-hydrogen) atoms. The number of sulfonamides is 1. The fourth-order valence-corrected chi connectivity index (χ4v) is 0.558. The average Bonchev–Trinajstić information content (AvgIpc) is 1.61. The van der Waals surface area contributed by atoms with Gasteiger partial charge in [0.1, 0.15) is 0 Å². The minimum Gasteiger partial charge on any atom is -0.210 e. The number of nitrogens with zero attached hydrogens (tertiary/aromatic N) is 1. The van der Waals surface area contributed by atoms with E-state index < -0.39 is 14.8 Å². The summed E-state index contributed by atoms with van der Waals surface area (Å²) in [5, 5.41) is 0. The standard InChI is InChI=1S/C5H9NO3S/c1-5(2,3)10(8,9)6-4-7/h1-3H3. The zero-order valence-electron chi connectivity index (χ0n) is 6.08. The second kappa shape index (κ2) is 2.52. The van der Waals surface area contributed by atoms with Crippen LogP contribution in [0.1, 0.15) is 20.8 Å². The van der Waals surface area contributed by atoms with Gasteiger partial charge in [0.05, 0.1) is 4.75 Å². The van der Waals surface area contributed by atoms with Crippen molar-refractivity contribution < 1.29 is 13.2 Å². The van der Waals surface area contributed by atoms with Crippen molar-refractivity contribution in [2.24, 2.45) is 4.40 Å². The molecule has 0 bridgehead atoms. The van der Waals surface area contributed by atoms with E-state index in [2.05, 4.69) is 4.40 Å². The van der Waals surface area contributed by atoms with Crippen molar-refractivity contribution in [1.29, 1.82) is 0 Å². The summed E-state index contributed by atoms with van der Waals surface area (Å²) in [5.74, 6) is 0. The third-order valence-corrected chi connectivity index (χ3v) is 2.79. The highest BCUT2D eigenvalue weighted by molar-refractivity contribution is 7.91. The van der Waals surface area contributed by atoms with Crippen molar-refractivity contribution in [3.8, 4) is 0 Å². The van der Waals surface area contributed by atoms with E-state index in [0.29, 0.717) is 0 Å². The van der Waals surface area contributed by atoms with Gasteiger partial charge in [-0.2, -0.15) is 0 Å². The maximum absolute atomic E-state index is 10.8. The van der Waals surface area contributed by atoms with Gasteiger partial charge in [0.2, 0.25) is 0 Å². The number of rotatable bonds is 1. The summed E-state index contributed by atoms with van der Waals surface area (Å²) in [6.45, 7) is 4.38. The van der Waals surface area contributed by atoms with Crippen molar-refractivity contribution in [1.82, 2.24) is 0 Å². The molecule has 0 atom stereocenters. The highest BCUT2D eigenvalue weighted by atomic mass is 32.2. The van der Waals surface area contributed by atoms with E-state index in [1.54, 1.807) is 0 Å². The lowest BCUT2D eigenvalue weighted by Crippen LogP contribution is -2.25. The van der Waals surface area contributed by atoms with Gasteiger partial charge in [-0.1, -0.05) is 4.40 Å². The van der Waals surface area contributed by atoms with Crippen LogP contribution in [0.4, 0.5) is 0 Å². The molecule has 0 saturated carbocycles. The van der Waals surface area contributed by atoms with Crippen molar-refractivity contribution in [3.05, 3.63) is 0 Å². The molecule has 0 aromatic rings.